The highest BCUT2D eigenvalue weighted by atomic mass is 32.1. The van der Waals surface area contributed by atoms with E-state index in [1.165, 1.54) is 18.4 Å². The molecule has 0 saturated heterocycles. The Kier molecular flexibility index (Phi) is 4.90. The van der Waals surface area contributed by atoms with Crippen molar-refractivity contribution >= 4 is 28.2 Å². The molecule has 0 saturated carbocycles. The van der Waals surface area contributed by atoms with Gasteiger partial charge in [0.05, 0.1) is 7.11 Å². The minimum atomic E-state index is -0.484. The number of amides is 1. The molecule has 0 spiro atoms. The summed E-state index contributed by atoms with van der Waals surface area (Å²) in [6.07, 6.45) is 3.09. The van der Waals surface area contributed by atoms with Gasteiger partial charge in [-0.1, -0.05) is 29.8 Å². The van der Waals surface area contributed by atoms with Crippen LogP contribution in [0.4, 0.5) is 5.00 Å². The number of hydrogen-bond donors (Lipinski definition) is 1. The van der Waals surface area contributed by atoms with E-state index in [-0.39, 0.29) is 5.91 Å². The second-order valence-corrected chi connectivity index (χ2v) is 6.28. The molecule has 2 heterocycles. The van der Waals surface area contributed by atoms with E-state index in [1.807, 2.05) is 36.6 Å². The van der Waals surface area contributed by atoms with E-state index in [2.05, 4.69) is 10.3 Å². The molecule has 0 unspecified atom stereocenters. The van der Waals surface area contributed by atoms with Crippen molar-refractivity contribution in [1.82, 2.24) is 4.98 Å². The Labute approximate surface area is 149 Å². The van der Waals surface area contributed by atoms with Gasteiger partial charge >= 0.3 is 5.97 Å². The standard InChI is InChI=1S/C19H16N2O3S/c1-12-4-3-5-14(10-12)15-11-25-18(16(15)19(23)24-2)21-17(22)13-6-8-20-9-7-13/h3-11H,1-2H3,(H,21,22). The maximum atomic E-state index is 12.4. The normalized spacial score (nSPS) is 10.3. The van der Waals surface area contributed by atoms with Crippen LogP contribution in [0.3, 0.4) is 0 Å². The number of aromatic nitrogens is 1. The second-order valence-electron chi connectivity index (χ2n) is 5.40. The number of pyridine rings is 1. The van der Waals surface area contributed by atoms with E-state index in [4.69, 9.17) is 4.74 Å². The molecule has 0 aliphatic heterocycles. The fourth-order valence-corrected chi connectivity index (χ4v) is 3.41. The first-order valence-electron chi connectivity index (χ1n) is 7.58. The number of hydrogen-bond acceptors (Lipinski definition) is 5. The smallest absolute Gasteiger partial charge is 0.341 e. The fourth-order valence-electron chi connectivity index (χ4n) is 2.46. The number of esters is 1. The van der Waals surface area contributed by atoms with Crippen LogP contribution >= 0.6 is 11.3 Å². The summed E-state index contributed by atoms with van der Waals surface area (Å²) in [6.45, 7) is 1.99. The molecule has 0 atom stereocenters. The van der Waals surface area contributed by atoms with Gasteiger partial charge in [-0.25, -0.2) is 4.79 Å². The molecule has 3 rings (SSSR count). The first-order valence-corrected chi connectivity index (χ1v) is 8.46. The highest BCUT2D eigenvalue weighted by Gasteiger charge is 2.22. The molecular formula is C19H16N2O3S. The van der Waals surface area contributed by atoms with Crippen molar-refractivity contribution in [3.05, 3.63) is 70.9 Å². The third-order valence-electron chi connectivity index (χ3n) is 3.68. The fraction of sp³-hybridized carbons (Fsp3) is 0.105. The third-order valence-corrected chi connectivity index (χ3v) is 4.57. The number of anilines is 1. The van der Waals surface area contributed by atoms with Gasteiger partial charge in [0.15, 0.2) is 0 Å². The second kappa shape index (κ2) is 7.27. The first kappa shape index (κ1) is 16.9. The number of nitrogens with one attached hydrogen (secondary N) is 1. The molecular weight excluding hydrogens is 336 g/mol. The lowest BCUT2D eigenvalue weighted by Crippen LogP contribution is -2.14. The average Bonchev–Trinajstić information content (AvgIpc) is 3.05. The predicted octanol–water partition coefficient (Wildman–Crippen LogP) is 4.16. The number of thiophene rings is 1. The quantitative estimate of drug-likeness (QED) is 0.716. The minimum absolute atomic E-state index is 0.301. The van der Waals surface area contributed by atoms with Gasteiger partial charge in [-0.05, 0) is 24.6 Å². The van der Waals surface area contributed by atoms with Gasteiger partial charge in [-0.3, -0.25) is 9.78 Å². The number of benzene rings is 1. The van der Waals surface area contributed by atoms with E-state index in [9.17, 15) is 9.59 Å². The maximum absolute atomic E-state index is 12.4. The summed E-state index contributed by atoms with van der Waals surface area (Å²) >= 11 is 1.30. The first-order chi connectivity index (χ1) is 12.1. The summed E-state index contributed by atoms with van der Waals surface area (Å²) in [7, 11) is 1.33. The third kappa shape index (κ3) is 3.59. The number of rotatable bonds is 4. The summed E-state index contributed by atoms with van der Waals surface area (Å²) < 4.78 is 4.92. The molecule has 25 heavy (non-hydrogen) atoms. The Hall–Kier alpha value is -2.99. The number of ether oxygens (including phenoxy) is 1. The average molecular weight is 352 g/mol. The Morgan fingerprint density at radius 2 is 1.92 bits per heavy atom. The van der Waals surface area contributed by atoms with Crippen molar-refractivity contribution in [1.29, 1.82) is 0 Å². The van der Waals surface area contributed by atoms with Crippen LogP contribution in [0.5, 0.6) is 0 Å². The number of carbonyl (C=O) groups is 2. The molecule has 0 radical (unpaired) electrons. The van der Waals surface area contributed by atoms with Crippen LogP contribution in [0.2, 0.25) is 0 Å². The molecule has 0 aliphatic carbocycles. The Morgan fingerprint density at radius 1 is 1.16 bits per heavy atom. The van der Waals surface area contributed by atoms with Crippen LogP contribution in [-0.4, -0.2) is 24.0 Å². The molecule has 126 valence electrons. The number of methoxy groups -OCH3 is 1. The summed E-state index contributed by atoms with van der Waals surface area (Å²) in [5, 5.41) is 5.11. The van der Waals surface area contributed by atoms with Gasteiger partial charge in [0.1, 0.15) is 10.6 Å². The van der Waals surface area contributed by atoms with Crippen LogP contribution in [0.1, 0.15) is 26.3 Å². The highest BCUT2D eigenvalue weighted by molar-refractivity contribution is 7.15. The summed E-state index contributed by atoms with van der Waals surface area (Å²) in [6, 6.07) is 11.1. The Bertz CT molecular complexity index is 919. The zero-order valence-corrected chi connectivity index (χ0v) is 14.6. The molecule has 0 aliphatic rings. The Morgan fingerprint density at radius 3 is 2.60 bits per heavy atom. The van der Waals surface area contributed by atoms with Crippen LogP contribution in [0.15, 0.2) is 54.2 Å². The molecule has 1 N–H and O–H groups in total. The molecule has 0 fully saturated rings. The van der Waals surface area contributed by atoms with Crippen LogP contribution < -0.4 is 5.32 Å². The lowest BCUT2D eigenvalue weighted by molar-refractivity contribution is 0.0603. The number of nitrogens with zero attached hydrogens (tertiary/aromatic N) is 1. The monoisotopic (exact) mass is 352 g/mol. The van der Waals surface area contributed by atoms with Gasteiger partial charge < -0.3 is 10.1 Å². The maximum Gasteiger partial charge on any atom is 0.341 e. The summed E-state index contributed by atoms with van der Waals surface area (Å²) in [5.41, 5.74) is 3.56. The number of carbonyl (C=O) groups excluding carboxylic acids is 2. The van der Waals surface area contributed by atoms with Crippen molar-refractivity contribution in [2.75, 3.05) is 12.4 Å². The van der Waals surface area contributed by atoms with Crippen molar-refractivity contribution in [3.8, 4) is 11.1 Å². The topological polar surface area (TPSA) is 68.3 Å². The molecule has 2 aromatic heterocycles. The van der Waals surface area contributed by atoms with Gasteiger partial charge in [0, 0.05) is 28.9 Å². The Balaban J connectivity index is 2.00. The van der Waals surface area contributed by atoms with E-state index in [0.29, 0.717) is 16.1 Å². The van der Waals surface area contributed by atoms with Crippen molar-refractivity contribution < 1.29 is 14.3 Å². The van der Waals surface area contributed by atoms with Gasteiger partial charge in [-0.2, -0.15) is 0 Å². The summed E-state index contributed by atoms with van der Waals surface area (Å²) in [5.74, 6) is -0.784. The molecule has 1 amide bonds. The minimum Gasteiger partial charge on any atom is -0.465 e. The largest absolute Gasteiger partial charge is 0.465 e. The van der Waals surface area contributed by atoms with Gasteiger partial charge in [0.25, 0.3) is 5.91 Å². The van der Waals surface area contributed by atoms with Gasteiger partial charge in [-0.15, -0.1) is 11.3 Å². The lowest BCUT2D eigenvalue weighted by atomic mass is 10.0. The van der Waals surface area contributed by atoms with Crippen LogP contribution in [0, 0.1) is 6.92 Å². The molecule has 0 bridgehead atoms. The molecule has 3 aromatic rings. The van der Waals surface area contributed by atoms with Crippen molar-refractivity contribution in [2.24, 2.45) is 0 Å². The van der Waals surface area contributed by atoms with Gasteiger partial charge in [0.2, 0.25) is 0 Å². The van der Waals surface area contributed by atoms with E-state index in [0.717, 1.165) is 16.7 Å². The van der Waals surface area contributed by atoms with Crippen molar-refractivity contribution in [2.45, 2.75) is 6.92 Å². The van der Waals surface area contributed by atoms with Crippen molar-refractivity contribution in [3.63, 3.8) is 0 Å². The molecule has 6 heteroatoms. The van der Waals surface area contributed by atoms with Crippen LogP contribution in [0.25, 0.3) is 11.1 Å². The van der Waals surface area contributed by atoms with E-state index >= 15 is 0 Å². The number of aryl methyl sites for hydroxylation is 1. The SMILES string of the molecule is COC(=O)c1c(-c2cccc(C)c2)csc1NC(=O)c1ccncc1. The summed E-state index contributed by atoms with van der Waals surface area (Å²) in [4.78, 5) is 28.6. The predicted molar refractivity (Wildman–Crippen MR) is 98.0 cm³/mol. The van der Waals surface area contributed by atoms with E-state index < -0.39 is 5.97 Å². The molecule has 5 nitrogen and oxygen atoms in total. The zero-order valence-electron chi connectivity index (χ0n) is 13.8. The van der Waals surface area contributed by atoms with Crippen LogP contribution in [-0.2, 0) is 4.74 Å². The zero-order chi connectivity index (χ0) is 17.8. The van der Waals surface area contributed by atoms with E-state index in [1.54, 1.807) is 24.5 Å². The molecule has 1 aromatic carbocycles. The highest BCUT2D eigenvalue weighted by Crippen LogP contribution is 2.36. The lowest BCUT2D eigenvalue weighted by Gasteiger charge is -2.08.